The Labute approximate surface area is 197 Å². The molecule has 5 rings (SSSR count). The number of fused-ring (bicyclic) bond motifs is 1. The number of aromatic nitrogens is 5. The van der Waals surface area contributed by atoms with Crippen LogP contribution in [-0.2, 0) is 18.3 Å². The van der Waals surface area contributed by atoms with Crippen molar-refractivity contribution in [2.75, 3.05) is 19.6 Å². The third-order valence-corrected chi connectivity index (χ3v) is 5.92. The third kappa shape index (κ3) is 4.85. The first kappa shape index (κ1) is 22.2. The monoisotopic (exact) mass is 460 g/mol. The molecule has 9 heteroatoms. The lowest BCUT2D eigenvalue weighted by atomic mass is 10.2. The van der Waals surface area contributed by atoms with E-state index in [1.54, 1.807) is 40.1 Å². The molecule has 1 saturated heterocycles. The van der Waals surface area contributed by atoms with Gasteiger partial charge in [0, 0.05) is 57.3 Å². The molecule has 4 aromatic rings. The predicted molar refractivity (Wildman–Crippen MR) is 129 cm³/mol. The summed E-state index contributed by atoms with van der Waals surface area (Å²) in [4.78, 5) is 24.4. The van der Waals surface area contributed by atoms with Crippen LogP contribution >= 0.6 is 0 Å². The van der Waals surface area contributed by atoms with Crippen LogP contribution in [0.4, 0.5) is 0 Å². The van der Waals surface area contributed by atoms with E-state index in [4.69, 9.17) is 9.47 Å². The van der Waals surface area contributed by atoms with Gasteiger partial charge in [-0.05, 0) is 38.1 Å². The van der Waals surface area contributed by atoms with Gasteiger partial charge in [0.25, 0.3) is 5.56 Å². The van der Waals surface area contributed by atoms with Gasteiger partial charge in [-0.3, -0.25) is 23.9 Å². The van der Waals surface area contributed by atoms with Crippen LogP contribution in [0, 0.1) is 0 Å². The Balaban J connectivity index is 1.35. The minimum absolute atomic E-state index is 0.0735. The summed E-state index contributed by atoms with van der Waals surface area (Å²) in [7, 11) is 1.86. The van der Waals surface area contributed by atoms with Crippen LogP contribution in [0.2, 0.25) is 0 Å². The van der Waals surface area contributed by atoms with Gasteiger partial charge < -0.3 is 9.47 Å². The van der Waals surface area contributed by atoms with Crippen LogP contribution in [-0.4, -0.2) is 61.1 Å². The number of hydrogen-bond donors (Lipinski definition) is 0. The van der Waals surface area contributed by atoms with Gasteiger partial charge in [-0.2, -0.15) is 5.10 Å². The maximum atomic E-state index is 13.2. The summed E-state index contributed by atoms with van der Waals surface area (Å²) in [5, 5.41) is 4.73. The summed E-state index contributed by atoms with van der Waals surface area (Å²) in [5.41, 5.74) is 2.24. The largest absolute Gasteiger partial charge is 0.457 e. The zero-order valence-corrected chi connectivity index (χ0v) is 19.6. The minimum atomic E-state index is -0.0735. The number of nitrogens with zero attached hydrogens (tertiary/aromatic N) is 6. The molecule has 1 aromatic carbocycles. The number of rotatable bonds is 6. The lowest BCUT2D eigenvalue weighted by molar-refractivity contribution is -0.0686. The van der Waals surface area contributed by atoms with E-state index in [2.05, 4.69) is 33.8 Å². The quantitative estimate of drug-likeness (QED) is 0.437. The fraction of sp³-hybridized carbons (Fsp3) is 0.360. The summed E-state index contributed by atoms with van der Waals surface area (Å²) in [6.07, 6.45) is 7.37. The molecule has 0 aliphatic carbocycles. The molecular weight excluding hydrogens is 432 g/mol. The molecule has 176 valence electrons. The SMILES string of the molecule is C[C@@H]1CN(CCn2cnc3ccc(Oc4ccnc(-c5cnn(C)c5)c4)cc3c2=O)C[C@@H](C)O1. The van der Waals surface area contributed by atoms with Crippen LogP contribution in [0.25, 0.3) is 22.2 Å². The second-order valence-corrected chi connectivity index (χ2v) is 8.82. The molecule has 2 atom stereocenters. The Morgan fingerprint density at radius 3 is 2.62 bits per heavy atom. The average molecular weight is 461 g/mol. The Morgan fingerprint density at radius 2 is 1.85 bits per heavy atom. The molecule has 1 aliphatic heterocycles. The fourth-order valence-corrected chi connectivity index (χ4v) is 4.40. The van der Waals surface area contributed by atoms with Crippen molar-refractivity contribution in [3.8, 4) is 22.8 Å². The Hall–Kier alpha value is -3.56. The number of morpholine rings is 1. The van der Waals surface area contributed by atoms with E-state index in [0.717, 1.165) is 30.9 Å². The number of benzene rings is 1. The van der Waals surface area contributed by atoms with Crippen LogP contribution in [0.1, 0.15) is 13.8 Å². The second-order valence-electron chi connectivity index (χ2n) is 8.82. The van der Waals surface area contributed by atoms with E-state index in [-0.39, 0.29) is 17.8 Å². The molecule has 0 unspecified atom stereocenters. The van der Waals surface area contributed by atoms with E-state index in [0.29, 0.717) is 28.9 Å². The first-order chi connectivity index (χ1) is 16.4. The molecule has 4 heterocycles. The maximum absolute atomic E-state index is 13.2. The normalized spacial score (nSPS) is 18.9. The molecule has 0 spiro atoms. The van der Waals surface area contributed by atoms with Gasteiger partial charge in [0.15, 0.2) is 0 Å². The van der Waals surface area contributed by atoms with Crippen molar-refractivity contribution >= 4 is 10.9 Å². The molecule has 3 aromatic heterocycles. The van der Waals surface area contributed by atoms with Crippen molar-refractivity contribution in [2.24, 2.45) is 7.05 Å². The molecular formula is C25H28N6O3. The highest BCUT2D eigenvalue weighted by Gasteiger charge is 2.22. The summed E-state index contributed by atoms with van der Waals surface area (Å²) >= 11 is 0. The highest BCUT2D eigenvalue weighted by Crippen LogP contribution is 2.26. The smallest absolute Gasteiger partial charge is 0.261 e. The fourth-order valence-electron chi connectivity index (χ4n) is 4.40. The van der Waals surface area contributed by atoms with Crippen molar-refractivity contribution in [3.63, 3.8) is 0 Å². The number of pyridine rings is 1. The van der Waals surface area contributed by atoms with Crippen molar-refractivity contribution in [1.29, 1.82) is 0 Å². The molecule has 1 fully saturated rings. The second kappa shape index (κ2) is 9.36. The zero-order valence-electron chi connectivity index (χ0n) is 19.6. The molecule has 0 N–H and O–H groups in total. The summed E-state index contributed by atoms with van der Waals surface area (Å²) in [6.45, 7) is 7.24. The van der Waals surface area contributed by atoms with E-state index in [1.165, 1.54) is 0 Å². The summed E-state index contributed by atoms with van der Waals surface area (Å²) in [5.74, 6) is 1.20. The molecule has 0 radical (unpaired) electrons. The number of aryl methyl sites for hydroxylation is 1. The van der Waals surface area contributed by atoms with Gasteiger partial charge in [-0.25, -0.2) is 4.98 Å². The molecule has 1 aliphatic rings. The highest BCUT2D eigenvalue weighted by molar-refractivity contribution is 5.79. The minimum Gasteiger partial charge on any atom is -0.457 e. The number of hydrogen-bond acceptors (Lipinski definition) is 7. The Morgan fingerprint density at radius 1 is 1.06 bits per heavy atom. The summed E-state index contributed by atoms with van der Waals surface area (Å²) in [6, 6.07) is 9.03. The standard InChI is InChI=1S/C25H28N6O3/c1-17-13-30(14-18(2)33-17)8-9-31-16-27-23-5-4-20(10-22(23)25(31)32)34-21-6-7-26-24(11-21)19-12-28-29(3)15-19/h4-7,10-12,15-18H,8-9,13-14H2,1-3H3/t17-,18-/m1/s1. The molecule has 34 heavy (non-hydrogen) atoms. The van der Waals surface area contributed by atoms with Crippen LogP contribution in [0.5, 0.6) is 11.5 Å². The van der Waals surface area contributed by atoms with Gasteiger partial charge >= 0.3 is 0 Å². The lowest BCUT2D eigenvalue weighted by Gasteiger charge is -2.35. The van der Waals surface area contributed by atoms with Gasteiger partial charge in [-0.15, -0.1) is 0 Å². The summed E-state index contributed by atoms with van der Waals surface area (Å²) < 4.78 is 15.3. The molecule has 9 nitrogen and oxygen atoms in total. The van der Waals surface area contributed by atoms with Gasteiger partial charge in [0.2, 0.25) is 0 Å². The predicted octanol–water partition coefficient (Wildman–Crippen LogP) is 3.09. The van der Waals surface area contributed by atoms with Crippen LogP contribution in [0.15, 0.2) is 60.0 Å². The van der Waals surface area contributed by atoms with Crippen molar-refractivity contribution in [3.05, 3.63) is 65.6 Å². The van der Waals surface area contributed by atoms with Gasteiger partial charge in [0.1, 0.15) is 11.5 Å². The van der Waals surface area contributed by atoms with Crippen molar-refractivity contribution in [2.45, 2.75) is 32.6 Å². The Kier molecular flexibility index (Phi) is 6.12. The maximum Gasteiger partial charge on any atom is 0.261 e. The topological polar surface area (TPSA) is 87.3 Å². The van der Waals surface area contributed by atoms with Crippen molar-refractivity contribution in [1.82, 2.24) is 29.2 Å². The Bertz CT molecular complexity index is 1350. The van der Waals surface area contributed by atoms with E-state index >= 15 is 0 Å². The first-order valence-corrected chi connectivity index (χ1v) is 11.4. The van der Waals surface area contributed by atoms with Gasteiger partial charge in [-0.1, -0.05) is 0 Å². The van der Waals surface area contributed by atoms with Gasteiger partial charge in [0.05, 0.1) is 41.3 Å². The highest BCUT2D eigenvalue weighted by atomic mass is 16.5. The lowest BCUT2D eigenvalue weighted by Crippen LogP contribution is -2.46. The van der Waals surface area contributed by atoms with Crippen LogP contribution in [0.3, 0.4) is 0 Å². The van der Waals surface area contributed by atoms with Crippen molar-refractivity contribution < 1.29 is 9.47 Å². The average Bonchev–Trinajstić information content (AvgIpc) is 3.25. The van der Waals surface area contributed by atoms with Crippen LogP contribution < -0.4 is 10.3 Å². The molecule has 0 amide bonds. The van der Waals surface area contributed by atoms with E-state index in [1.807, 2.05) is 31.4 Å². The zero-order chi connectivity index (χ0) is 23.7. The molecule has 0 bridgehead atoms. The van der Waals surface area contributed by atoms with E-state index < -0.39 is 0 Å². The first-order valence-electron chi connectivity index (χ1n) is 11.4. The third-order valence-electron chi connectivity index (χ3n) is 5.92. The number of ether oxygens (including phenoxy) is 2. The van der Waals surface area contributed by atoms with E-state index in [9.17, 15) is 4.79 Å². The molecule has 0 saturated carbocycles.